The Morgan fingerprint density at radius 1 is 0.750 bits per heavy atom. The van der Waals surface area contributed by atoms with Gasteiger partial charge in [0.1, 0.15) is 0 Å². The third-order valence-electron chi connectivity index (χ3n) is 6.64. The molecule has 6 heteroatoms. The van der Waals surface area contributed by atoms with Crippen LogP contribution in [0.4, 0.5) is 17.6 Å². The summed E-state index contributed by atoms with van der Waals surface area (Å²) in [7, 11) is 0. The first kappa shape index (κ1) is 26.1. The molecule has 1 fully saturated rings. The fraction of sp³-hybridized carbons (Fsp3) is 0.333. The van der Waals surface area contributed by atoms with Crippen molar-refractivity contribution in [3.63, 3.8) is 0 Å². The third kappa shape index (κ3) is 5.55. The second-order valence-electron chi connectivity index (χ2n) is 9.09. The summed E-state index contributed by atoms with van der Waals surface area (Å²) in [5.74, 6) is -4.08. The van der Waals surface area contributed by atoms with E-state index >= 15 is 0 Å². The van der Waals surface area contributed by atoms with Crippen molar-refractivity contribution in [1.82, 2.24) is 0 Å². The molecule has 2 nitrogen and oxygen atoms in total. The molecule has 0 amide bonds. The molecule has 0 bridgehead atoms. The Bertz CT molecular complexity index is 1200. The molecule has 0 aliphatic carbocycles. The van der Waals surface area contributed by atoms with E-state index < -0.39 is 35.5 Å². The lowest BCUT2D eigenvalue weighted by Crippen LogP contribution is -2.30. The number of hydrogen-bond donors (Lipinski definition) is 0. The standard InChI is InChI=1S/C30H30F4O2/c1-3-5-6-7-8-21-13-14-23(28(32)27(21)31)19-9-11-20(12-10-19)24-15-16-25(30(34)29(24)33)22-17-35-26(4-2)36-18-22/h4,9-16,22,26H,2-3,5-8,17-18H2,1H3. The van der Waals surface area contributed by atoms with Crippen LogP contribution in [0.3, 0.4) is 0 Å². The van der Waals surface area contributed by atoms with Crippen molar-refractivity contribution in [2.45, 2.75) is 51.2 Å². The van der Waals surface area contributed by atoms with Gasteiger partial charge in [0.05, 0.1) is 13.2 Å². The van der Waals surface area contributed by atoms with E-state index in [9.17, 15) is 17.6 Å². The summed E-state index contributed by atoms with van der Waals surface area (Å²) < 4.78 is 70.2. The maximum atomic E-state index is 15.0. The molecule has 0 aromatic heterocycles. The highest BCUT2D eigenvalue weighted by molar-refractivity contribution is 5.71. The topological polar surface area (TPSA) is 18.5 Å². The van der Waals surface area contributed by atoms with Crippen molar-refractivity contribution in [3.05, 3.63) is 95.6 Å². The van der Waals surface area contributed by atoms with Crippen LogP contribution in [0.5, 0.6) is 0 Å². The van der Waals surface area contributed by atoms with Crippen LogP contribution in [0.1, 0.15) is 49.7 Å². The molecule has 36 heavy (non-hydrogen) atoms. The predicted octanol–water partition coefficient (Wildman–Crippen LogP) is 8.34. The van der Waals surface area contributed by atoms with Gasteiger partial charge >= 0.3 is 0 Å². The fourth-order valence-electron chi connectivity index (χ4n) is 4.51. The van der Waals surface area contributed by atoms with Crippen molar-refractivity contribution in [2.24, 2.45) is 0 Å². The molecule has 0 N–H and O–H groups in total. The number of ether oxygens (including phenoxy) is 2. The van der Waals surface area contributed by atoms with Gasteiger partial charge in [0.2, 0.25) is 0 Å². The summed E-state index contributed by atoms with van der Waals surface area (Å²) in [4.78, 5) is 0. The van der Waals surface area contributed by atoms with Gasteiger partial charge in [-0.3, -0.25) is 0 Å². The lowest BCUT2D eigenvalue weighted by Gasteiger charge is -2.28. The monoisotopic (exact) mass is 498 g/mol. The van der Waals surface area contributed by atoms with E-state index in [0.717, 1.165) is 25.7 Å². The Labute approximate surface area is 209 Å². The maximum Gasteiger partial charge on any atom is 0.176 e. The molecule has 0 unspecified atom stereocenters. The normalized spacial score (nSPS) is 17.8. The van der Waals surface area contributed by atoms with Gasteiger partial charge in [-0.25, -0.2) is 17.6 Å². The van der Waals surface area contributed by atoms with Crippen molar-refractivity contribution in [3.8, 4) is 22.3 Å². The van der Waals surface area contributed by atoms with Crippen LogP contribution in [0.2, 0.25) is 0 Å². The Hall–Kier alpha value is -2.96. The van der Waals surface area contributed by atoms with Gasteiger partial charge in [0.15, 0.2) is 29.6 Å². The molecule has 1 saturated heterocycles. The first-order chi connectivity index (χ1) is 17.4. The minimum atomic E-state index is -0.976. The first-order valence-corrected chi connectivity index (χ1v) is 12.4. The van der Waals surface area contributed by atoms with Gasteiger partial charge in [0, 0.05) is 17.0 Å². The third-order valence-corrected chi connectivity index (χ3v) is 6.64. The van der Waals surface area contributed by atoms with E-state index in [1.165, 1.54) is 18.2 Å². The number of aryl methyl sites for hydroxylation is 1. The van der Waals surface area contributed by atoms with Gasteiger partial charge < -0.3 is 9.47 Å². The highest BCUT2D eigenvalue weighted by atomic mass is 19.2. The van der Waals surface area contributed by atoms with Crippen molar-refractivity contribution in [1.29, 1.82) is 0 Å². The van der Waals surface area contributed by atoms with Crippen molar-refractivity contribution < 1.29 is 27.0 Å². The molecule has 0 saturated carbocycles. The summed E-state index contributed by atoms with van der Waals surface area (Å²) in [6.07, 6.45) is 5.40. The molecule has 190 valence electrons. The summed E-state index contributed by atoms with van der Waals surface area (Å²) in [5.41, 5.74) is 1.65. The summed E-state index contributed by atoms with van der Waals surface area (Å²) in [6.45, 7) is 6.08. The van der Waals surface area contributed by atoms with Crippen molar-refractivity contribution >= 4 is 0 Å². The number of hydrogen-bond acceptors (Lipinski definition) is 2. The van der Waals surface area contributed by atoms with E-state index in [0.29, 0.717) is 23.1 Å². The molecule has 0 atom stereocenters. The molecular weight excluding hydrogens is 468 g/mol. The molecule has 3 aromatic rings. The molecular formula is C30H30F4O2. The van der Waals surface area contributed by atoms with Crippen LogP contribution in [-0.4, -0.2) is 19.5 Å². The van der Waals surface area contributed by atoms with Crippen LogP contribution in [0.15, 0.2) is 61.2 Å². The zero-order chi connectivity index (χ0) is 25.7. The second kappa shape index (κ2) is 11.8. The smallest absolute Gasteiger partial charge is 0.176 e. The van der Waals surface area contributed by atoms with Crippen molar-refractivity contribution in [2.75, 3.05) is 13.2 Å². The van der Waals surface area contributed by atoms with Crippen LogP contribution in [0.25, 0.3) is 22.3 Å². The summed E-state index contributed by atoms with van der Waals surface area (Å²) >= 11 is 0. The van der Waals surface area contributed by atoms with E-state index in [4.69, 9.17) is 9.47 Å². The van der Waals surface area contributed by atoms with E-state index in [2.05, 4.69) is 13.5 Å². The van der Waals surface area contributed by atoms with E-state index in [1.807, 2.05) is 0 Å². The Kier molecular flexibility index (Phi) is 8.60. The van der Waals surface area contributed by atoms with Gasteiger partial charge in [-0.1, -0.05) is 81.3 Å². The minimum Gasteiger partial charge on any atom is -0.348 e. The largest absolute Gasteiger partial charge is 0.348 e. The lowest BCUT2D eigenvalue weighted by molar-refractivity contribution is -0.159. The minimum absolute atomic E-state index is 0.0819. The Balaban J connectivity index is 1.52. The SMILES string of the molecule is C=CC1OCC(c2ccc(-c3ccc(-c4ccc(CCCCCC)c(F)c4F)cc3)c(F)c2F)CO1. The van der Waals surface area contributed by atoms with E-state index in [1.54, 1.807) is 36.4 Å². The fourth-order valence-corrected chi connectivity index (χ4v) is 4.51. The van der Waals surface area contributed by atoms with Crippen LogP contribution < -0.4 is 0 Å². The zero-order valence-corrected chi connectivity index (χ0v) is 20.3. The molecule has 1 heterocycles. The van der Waals surface area contributed by atoms with Gasteiger partial charge in [-0.05, 0) is 41.2 Å². The summed E-state index contributed by atoms with van der Waals surface area (Å²) in [6, 6.07) is 12.5. The number of rotatable bonds is 9. The van der Waals surface area contributed by atoms with Crippen LogP contribution in [0, 0.1) is 23.3 Å². The summed E-state index contributed by atoms with van der Waals surface area (Å²) in [5, 5.41) is 0. The predicted molar refractivity (Wildman–Crippen MR) is 134 cm³/mol. The molecule has 4 rings (SSSR count). The highest BCUT2D eigenvalue weighted by Crippen LogP contribution is 2.34. The number of halogens is 4. The van der Waals surface area contributed by atoms with Gasteiger partial charge in [-0.2, -0.15) is 0 Å². The maximum absolute atomic E-state index is 15.0. The van der Waals surface area contributed by atoms with Gasteiger partial charge in [-0.15, -0.1) is 0 Å². The molecule has 3 aromatic carbocycles. The molecule has 0 spiro atoms. The van der Waals surface area contributed by atoms with Crippen LogP contribution in [-0.2, 0) is 15.9 Å². The lowest BCUT2D eigenvalue weighted by atomic mass is 9.94. The first-order valence-electron chi connectivity index (χ1n) is 12.4. The quantitative estimate of drug-likeness (QED) is 0.168. The molecule has 1 aliphatic rings. The Morgan fingerprint density at radius 3 is 1.92 bits per heavy atom. The molecule has 1 aliphatic heterocycles. The highest BCUT2D eigenvalue weighted by Gasteiger charge is 2.26. The van der Waals surface area contributed by atoms with Crippen LogP contribution >= 0.6 is 0 Å². The number of benzene rings is 3. The second-order valence-corrected chi connectivity index (χ2v) is 9.09. The average Bonchev–Trinajstić information content (AvgIpc) is 2.91. The number of unbranched alkanes of at least 4 members (excludes halogenated alkanes) is 3. The Morgan fingerprint density at radius 2 is 1.33 bits per heavy atom. The molecule has 0 radical (unpaired) electrons. The zero-order valence-electron chi connectivity index (χ0n) is 20.3. The van der Waals surface area contributed by atoms with Gasteiger partial charge in [0.25, 0.3) is 0 Å². The van der Waals surface area contributed by atoms with E-state index in [-0.39, 0.29) is 29.9 Å². The average molecular weight is 499 g/mol.